The second kappa shape index (κ2) is 2.52. The molecule has 2 unspecified atom stereocenters. The number of carbonyl (C=O) groups is 1. The van der Waals surface area contributed by atoms with E-state index >= 15 is 0 Å². The molecule has 2 aromatic carbocycles. The Bertz CT molecular complexity index is 728. The molecule has 1 saturated carbocycles. The number of hydrogen-bond donors (Lipinski definition) is 0. The standard InChI is InChI=1S/C16H12O2/c17-12-8-15-7-11-5-1-3-10-4-2-6-13(14(10)11)16(15,9-12)18-15/h1-6H,7-9H2. The lowest BCUT2D eigenvalue weighted by atomic mass is 9.76. The van der Waals surface area contributed by atoms with Gasteiger partial charge in [-0.25, -0.2) is 0 Å². The lowest BCUT2D eigenvalue weighted by Crippen LogP contribution is -2.25. The zero-order valence-electron chi connectivity index (χ0n) is 9.90. The molecule has 0 bridgehead atoms. The van der Waals surface area contributed by atoms with Crippen LogP contribution in [0.1, 0.15) is 24.0 Å². The van der Waals surface area contributed by atoms with E-state index in [0.717, 1.165) is 6.42 Å². The van der Waals surface area contributed by atoms with Gasteiger partial charge in [-0.05, 0) is 21.9 Å². The molecule has 0 spiro atoms. The first kappa shape index (κ1) is 9.29. The van der Waals surface area contributed by atoms with Gasteiger partial charge in [0.1, 0.15) is 17.0 Å². The van der Waals surface area contributed by atoms with E-state index < -0.39 is 0 Å². The van der Waals surface area contributed by atoms with Crippen molar-refractivity contribution < 1.29 is 9.53 Å². The van der Waals surface area contributed by atoms with E-state index in [2.05, 4.69) is 36.4 Å². The molecule has 5 rings (SSSR count). The van der Waals surface area contributed by atoms with Crippen LogP contribution < -0.4 is 0 Å². The van der Waals surface area contributed by atoms with Gasteiger partial charge in [0.15, 0.2) is 0 Å². The van der Waals surface area contributed by atoms with E-state index in [-0.39, 0.29) is 11.2 Å². The highest BCUT2D eigenvalue weighted by molar-refractivity contribution is 5.96. The molecule has 2 atom stereocenters. The average Bonchev–Trinajstić information content (AvgIpc) is 2.88. The minimum Gasteiger partial charge on any atom is -0.356 e. The van der Waals surface area contributed by atoms with Gasteiger partial charge in [0, 0.05) is 19.3 Å². The van der Waals surface area contributed by atoms with Crippen molar-refractivity contribution in [1.82, 2.24) is 0 Å². The maximum Gasteiger partial charge on any atom is 0.139 e. The quantitative estimate of drug-likeness (QED) is 0.658. The monoisotopic (exact) mass is 236 g/mol. The van der Waals surface area contributed by atoms with Crippen molar-refractivity contribution in [2.45, 2.75) is 30.5 Å². The van der Waals surface area contributed by atoms with Crippen LogP contribution in [0.3, 0.4) is 0 Å². The van der Waals surface area contributed by atoms with Crippen LogP contribution in [0.15, 0.2) is 36.4 Å². The Labute approximate surface area is 105 Å². The van der Waals surface area contributed by atoms with Gasteiger partial charge >= 0.3 is 0 Å². The fourth-order valence-corrected chi connectivity index (χ4v) is 4.19. The molecule has 0 N–H and O–H groups in total. The number of carbonyl (C=O) groups excluding carboxylic acids is 1. The number of epoxide rings is 1. The van der Waals surface area contributed by atoms with E-state index in [1.54, 1.807) is 0 Å². The lowest BCUT2D eigenvalue weighted by Gasteiger charge is -2.22. The van der Waals surface area contributed by atoms with Crippen LogP contribution in [0.4, 0.5) is 0 Å². The highest BCUT2D eigenvalue weighted by Crippen LogP contribution is 2.69. The molecule has 2 fully saturated rings. The summed E-state index contributed by atoms with van der Waals surface area (Å²) in [6.07, 6.45) is 2.06. The van der Waals surface area contributed by atoms with Gasteiger partial charge in [0.2, 0.25) is 0 Å². The van der Waals surface area contributed by atoms with Gasteiger partial charge in [-0.3, -0.25) is 4.79 Å². The van der Waals surface area contributed by atoms with Crippen LogP contribution in [0.25, 0.3) is 10.8 Å². The van der Waals surface area contributed by atoms with E-state index in [0.29, 0.717) is 18.6 Å². The summed E-state index contributed by atoms with van der Waals surface area (Å²) in [6.45, 7) is 0. The molecule has 1 heterocycles. The molecular formula is C16H12O2. The normalized spacial score (nSPS) is 35.4. The predicted molar refractivity (Wildman–Crippen MR) is 67.4 cm³/mol. The second-order valence-corrected chi connectivity index (χ2v) is 5.81. The van der Waals surface area contributed by atoms with E-state index in [1.165, 1.54) is 21.9 Å². The van der Waals surface area contributed by atoms with Crippen molar-refractivity contribution in [2.75, 3.05) is 0 Å². The van der Waals surface area contributed by atoms with Crippen molar-refractivity contribution >= 4 is 16.6 Å². The summed E-state index contributed by atoms with van der Waals surface area (Å²) < 4.78 is 6.11. The van der Waals surface area contributed by atoms with E-state index in [9.17, 15) is 4.79 Å². The van der Waals surface area contributed by atoms with Gasteiger partial charge < -0.3 is 4.74 Å². The van der Waals surface area contributed by atoms with Crippen LogP contribution >= 0.6 is 0 Å². The maximum atomic E-state index is 11.8. The Morgan fingerprint density at radius 3 is 2.72 bits per heavy atom. The fourth-order valence-electron chi connectivity index (χ4n) is 4.19. The number of Topliss-reactive ketones (excluding diaryl/α,β-unsaturated/α-hetero) is 1. The molecule has 18 heavy (non-hydrogen) atoms. The Kier molecular flexibility index (Phi) is 1.30. The molecule has 2 nitrogen and oxygen atoms in total. The molecule has 1 aliphatic heterocycles. The smallest absolute Gasteiger partial charge is 0.139 e. The zero-order chi connectivity index (χ0) is 12.0. The van der Waals surface area contributed by atoms with Crippen molar-refractivity contribution in [3.8, 4) is 0 Å². The number of hydrogen-bond acceptors (Lipinski definition) is 2. The van der Waals surface area contributed by atoms with Crippen LogP contribution in [-0.2, 0) is 21.6 Å². The average molecular weight is 236 g/mol. The number of ether oxygens (including phenoxy) is 1. The molecule has 0 amide bonds. The van der Waals surface area contributed by atoms with Crippen LogP contribution in [0.2, 0.25) is 0 Å². The van der Waals surface area contributed by atoms with E-state index in [1.807, 2.05) is 0 Å². The zero-order valence-corrected chi connectivity index (χ0v) is 9.90. The lowest BCUT2D eigenvalue weighted by molar-refractivity contribution is -0.120. The Hall–Kier alpha value is -1.67. The van der Waals surface area contributed by atoms with Gasteiger partial charge in [-0.2, -0.15) is 0 Å². The molecule has 2 aliphatic carbocycles. The topological polar surface area (TPSA) is 29.6 Å². The summed E-state index contributed by atoms with van der Waals surface area (Å²) in [6, 6.07) is 12.8. The third kappa shape index (κ3) is 0.802. The third-order valence-corrected chi connectivity index (χ3v) is 4.89. The summed E-state index contributed by atoms with van der Waals surface area (Å²) in [4.78, 5) is 11.8. The largest absolute Gasteiger partial charge is 0.356 e. The highest BCUT2D eigenvalue weighted by atomic mass is 16.6. The van der Waals surface area contributed by atoms with Crippen LogP contribution in [0, 0.1) is 0 Å². The molecule has 2 aromatic rings. The van der Waals surface area contributed by atoms with E-state index in [4.69, 9.17) is 4.74 Å². The Morgan fingerprint density at radius 2 is 1.83 bits per heavy atom. The summed E-state index contributed by atoms with van der Waals surface area (Å²) >= 11 is 0. The molecule has 88 valence electrons. The summed E-state index contributed by atoms with van der Waals surface area (Å²) in [5, 5.41) is 2.59. The SMILES string of the molecule is O=C1CC23Cc4cccc5cccc(c45)C2(C1)O3. The predicted octanol–water partition coefficient (Wildman–Crippen LogP) is 2.72. The highest BCUT2D eigenvalue weighted by Gasteiger charge is 2.77. The number of ketones is 1. The van der Waals surface area contributed by atoms with Gasteiger partial charge in [0.25, 0.3) is 0 Å². The van der Waals surface area contributed by atoms with Crippen molar-refractivity contribution in [2.24, 2.45) is 0 Å². The van der Waals surface area contributed by atoms with Crippen molar-refractivity contribution in [3.05, 3.63) is 47.5 Å². The molecular weight excluding hydrogens is 224 g/mol. The van der Waals surface area contributed by atoms with Crippen LogP contribution in [0.5, 0.6) is 0 Å². The fraction of sp³-hybridized carbons (Fsp3) is 0.312. The van der Waals surface area contributed by atoms with Gasteiger partial charge in [0.05, 0.1) is 0 Å². The molecule has 3 aliphatic rings. The van der Waals surface area contributed by atoms with Crippen molar-refractivity contribution in [1.29, 1.82) is 0 Å². The summed E-state index contributed by atoms with van der Waals surface area (Å²) in [5.74, 6) is 0.353. The van der Waals surface area contributed by atoms with Crippen molar-refractivity contribution in [3.63, 3.8) is 0 Å². The third-order valence-electron chi connectivity index (χ3n) is 4.89. The first-order valence-electron chi connectivity index (χ1n) is 6.47. The first-order chi connectivity index (χ1) is 8.74. The number of benzene rings is 2. The number of rotatable bonds is 0. The second-order valence-electron chi connectivity index (χ2n) is 5.81. The minimum absolute atomic E-state index is 0.202. The molecule has 1 saturated heterocycles. The summed E-state index contributed by atoms with van der Waals surface area (Å²) in [7, 11) is 0. The Balaban J connectivity index is 1.92. The minimum atomic E-state index is -0.280. The molecule has 2 heteroatoms. The van der Waals surface area contributed by atoms with Gasteiger partial charge in [-0.1, -0.05) is 36.4 Å². The maximum absolute atomic E-state index is 11.8. The molecule has 0 aromatic heterocycles. The van der Waals surface area contributed by atoms with Crippen LogP contribution in [-0.4, -0.2) is 11.4 Å². The van der Waals surface area contributed by atoms with Gasteiger partial charge in [-0.15, -0.1) is 0 Å². The molecule has 0 radical (unpaired) electrons. The first-order valence-corrected chi connectivity index (χ1v) is 6.47. The Morgan fingerprint density at radius 1 is 1.00 bits per heavy atom. The summed E-state index contributed by atoms with van der Waals surface area (Å²) in [5.41, 5.74) is 2.10.